The molecule has 0 spiro atoms. The molecular formula is C21H19N9OS. The van der Waals surface area contributed by atoms with E-state index in [0.717, 1.165) is 31.1 Å². The number of aryl methyl sites for hydroxylation is 1. The van der Waals surface area contributed by atoms with Crippen LogP contribution >= 0.6 is 11.3 Å². The van der Waals surface area contributed by atoms with E-state index >= 15 is 0 Å². The van der Waals surface area contributed by atoms with Crippen LogP contribution in [0.3, 0.4) is 0 Å². The van der Waals surface area contributed by atoms with Crippen molar-refractivity contribution in [3.8, 4) is 11.8 Å². The van der Waals surface area contributed by atoms with Crippen LogP contribution in [-0.4, -0.2) is 46.4 Å². The number of thiazole rings is 1. The summed E-state index contributed by atoms with van der Waals surface area (Å²) in [6.07, 6.45) is 7.38. The van der Waals surface area contributed by atoms with Gasteiger partial charge in [0.2, 0.25) is 5.95 Å². The molecule has 11 heteroatoms. The van der Waals surface area contributed by atoms with Crippen LogP contribution in [0.1, 0.15) is 24.0 Å². The van der Waals surface area contributed by atoms with Gasteiger partial charge in [0.15, 0.2) is 5.60 Å². The van der Waals surface area contributed by atoms with Crippen LogP contribution in [0.4, 0.5) is 23.4 Å². The van der Waals surface area contributed by atoms with E-state index in [-0.39, 0.29) is 0 Å². The first-order valence-corrected chi connectivity index (χ1v) is 10.8. The SMILES string of the molecule is CC(O)(C#Cc1cc2n(n1)CCCN2c1ccnc(Nc2ccncn2)n1)c1nccs1. The molecule has 1 aliphatic heterocycles. The summed E-state index contributed by atoms with van der Waals surface area (Å²) in [4.78, 5) is 23.2. The van der Waals surface area contributed by atoms with E-state index in [1.54, 1.807) is 31.6 Å². The molecule has 1 unspecified atom stereocenters. The Morgan fingerprint density at radius 3 is 2.91 bits per heavy atom. The minimum Gasteiger partial charge on any atom is -0.371 e. The Hall–Kier alpha value is -3.88. The normalized spacial score (nSPS) is 14.8. The van der Waals surface area contributed by atoms with Gasteiger partial charge in [0.25, 0.3) is 0 Å². The topological polar surface area (TPSA) is 118 Å². The zero-order valence-corrected chi connectivity index (χ0v) is 18.0. The van der Waals surface area contributed by atoms with Crippen molar-refractivity contribution in [2.75, 3.05) is 16.8 Å². The predicted molar refractivity (Wildman–Crippen MR) is 120 cm³/mol. The van der Waals surface area contributed by atoms with E-state index < -0.39 is 5.60 Å². The van der Waals surface area contributed by atoms with Gasteiger partial charge < -0.3 is 15.3 Å². The Morgan fingerprint density at radius 2 is 2.09 bits per heavy atom. The molecule has 0 aliphatic carbocycles. The lowest BCUT2D eigenvalue weighted by Gasteiger charge is -2.28. The number of hydrogen-bond donors (Lipinski definition) is 2. The maximum atomic E-state index is 10.6. The Bertz CT molecular complexity index is 1280. The zero-order chi connectivity index (χ0) is 22.0. The highest BCUT2D eigenvalue weighted by Gasteiger charge is 2.24. The second-order valence-electron chi connectivity index (χ2n) is 7.23. The Balaban J connectivity index is 1.41. The van der Waals surface area contributed by atoms with Gasteiger partial charge in [0, 0.05) is 43.1 Å². The van der Waals surface area contributed by atoms with Crippen molar-refractivity contribution in [3.05, 3.63) is 59.2 Å². The van der Waals surface area contributed by atoms with Crippen LogP contribution in [0.25, 0.3) is 0 Å². The molecule has 0 bridgehead atoms. The molecule has 4 aromatic rings. The van der Waals surface area contributed by atoms with E-state index in [0.29, 0.717) is 22.5 Å². The van der Waals surface area contributed by atoms with E-state index in [1.807, 2.05) is 22.2 Å². The van der Waals surface area contributed by atoms with Gasteiger partial charge in [-0.05, 0) is 31.4 Å². The number of aliphatic hydroxyl groups is 1. The first kappa shape index (κ1) is 20.0. The van der Waals surface area contributed by atoms with E-state index in [1.165, 1.54) is 17.7 Å². The molecule has 0 amide bonds. The summed E-state index contributed by atoms with van der Waals surface area (Å²) in [6, 6.07) is 5.51. The summed E-state index contributed by atoms with van der Waals surface area (Å²) in [6.45, 7) is 3.21. The van der Waals surface area contributed by atoms with Gasteiger partial charge in [-0.25, -0.2) is 24.6 Å². The zero-order valence-electron chi connectivity index (χ0n) is 17.2. The molecule has 32 heavy (non-hydrogen) atoms. The molecule has 2 N–H and O–H groups in total. The first-order chi connectivity index (χ1) is 15.6. The summed E-state index contributed by atoms with van der Waals surface area (Å²) in [5, 5.41) is 20.7. The van der Waals surface area contributed by atoms with Gasteiger partial charge in [-0.15, -0.1) is 11.3 Å². The molecule has 4 aromatic heterocycles. The molecule has 10 nitrogen and oxygen atoms in total. The number of fused-ring (bicyclic) bond motifs is 1. The summed E-state index contributed by atoms with van der Waals surface area (Å²) < 4.78 is 1.91. The number of rotatable bonds is 4. The number of anilines is 4. The largest absolute Gasteiger partial charge is 0.371 e. The van der Waals surface area contributed by atoms with Crippen LogP contribution in [0.15, 0.2) is 48.5 Å². The van der Waals surface area contributed by atoms with Crippen LogP contribution in [0.5, 0.6) is 0 Å². The smallest absolute Gasteiger partial charge is 0.230 e. The fraction of sp³-hybridized carbons (Fsp3) is 0.238. The third-order valence-corrected chi connectivity index (χ3v) is 5.79. The fourth-order valence-corrected chi connectivity index (χ4v) is 3.97. The molecule has 0 saturated heterocycles. The molecule has 0 radical (unpaired) electrons. The maximum absolute atomic E-state index is 10.6. The average molecular weight is 446 g/mol. The molecule has 5 heterocycles. The highest BCUT2D eigenvalue weighted by Crippen LogP contribution is 2.29. The summed E-state index contributed by atoms with van der Waals surface area (Å²) in [5.41, 5.74) is -0.747. The van der Waals surface area contributed by atoms with Gasteiger partial charge in [-0.2, -0.15) is 10.1 Å². The molecule has 1 aliphatic rings. The molecule has 0 aromatic carbocycles. The summed E-state index contributed by atoms with van der Waals surface area (Å²) >= 11 is 1.37. The third-order valence-electron chi connectivity index (χ3n) is 4.81. The molecular weight excluding hydrogens is 426 g/mol. The first-order valence-electron chi connectivity index (χ1n) is 9.95. The summed E-state index contributed by atoms with van der Waals surface area (Å²) in [7, 11) is 0. The number of nitrogens with zero attached hydrogens (tertiary/aromatic N) is 8. The Morgan fingerprint density at radius 1 is 1.16 bits per heavy atom. The van der Waals surface area contributed by atoms with Crippen molar-refractivity contribution in [1.29, 1.82) is 0 Å². The number of hydrogen-bond acceptors (Lipinski definition) is 10. The van der Waals surface area contributed by atoms with Gasteiger partial charge in [0.05, 0.1) is 0 Å². The van der Waals surface area contributed by atoms with Crippen molar-refractivity contribution < 1.29 is 5.11 Å². The van der Waals surface area contributed by atoms with Crippen LogP contribution in [0, 0.1) is 11.8 Å². The van der Waals surface area contributed by atoms with Crippen LogP contribution < -0.4 is 10.2 Å². The van der Waals surface area contributed by atoms with Crippen molar-refractivity contribution >= 4 is 34.7 Å². The third kappa shape index (κ3) is 4.14. The predicted octanol–water partition coefficient (Wildman–Crippen LogP) is 2.46. The van der Waals surface area contributed by atoms with Crippen molar-refractivity contribution in [3.63, 3.8) is 0 Å². The van der Waals surface area contributed by atoms with E-state index in [4.69, 9.17) is 0 Å². The van der Waals surface area contributed by atoms with Gasteiger partial charge >= 0.3 is 0 Å². The molecule has 160 valence electrons. The molecule has 0 saturated carbocycles. The Kier molecular flexibility index (Phi) is 5.22. The lowest BCUT2D eigenvalue weighted by molar-refractivity contribution is 0.122. The Labute approximate surface area is 188 Å². The van der Waals surface area contributed by atoms with Crippen molar-refractivity contribution in [1.82, 2.24) is 34.7 Å². The quantitative estimate of drug-likeness (QED) is 0.457. The second-order valence-corrected chi connectivity index (χ2v) is 8.13. The van der Waals surface area contributed by atoms with Gasteiger partial charge in [0.1, 0.15) is 34.5 Å². The molecule has 5 rings (SSSR count). The van der Waals surface area contributed by atoms with Crippen molar-refractivity contribution in [2.45, 2.75) is 25.5 Å². The highest BCUT2D eigenvalue weighted by atomic mass is 32.1. The summed E-state index contributed by atoms with van der Waals surface area (Å²) in [5.74, 6) is 8.58. The minimum atomic E-state index is -1.33. The number of nitrogens with one attached hydrogen (secondary N) is 1. The average Bonchev–Trinajstić information content (AvgIpc) is 3.49. The maximum Gasteiger partial charge on any atom is 0.230 e. The molecule has 0 fully saturated rings. The van der Waals surface area contributed by atoms with Gasteiger partial charge in [-0.1, -0.05) is 5.92 Å². The van der Waals surface area contributed by atoms with E-state index in [9.17, 15) is 5.11 Å². The van der Waals surface area contributed by atoms with E-state index in [2.05, 4.69) is 52.1 Å². The highest BCUT2D eigenvalue weighted by molar-refractivity contribution is 7.09. The van der Waals surface area contributed by atoms with Gasteiger partial charge in [-0.3, -0.25) is 0 Å². The van der Waals surface area contributed by atoms with Crippen LogP contribution in [-0.2, 0) is 12.1 Å². The minimum absolute atomic E-state index is 0.442. The molecule has 1 atom stereocenters. The monoisotopic (exact) mass is 445 g/mol. The standard InChI is InChI=1S/C21H19N9OS/c1-21(31,19-23-9-12-32-19)6-3-15-13-18-29(10-2-11-30(18)28-15)17-5-8-24-20(27-17)26-16-4-7-22-14-25-16/h4-5,7-9,12-14,31H,2,10-11H2,1H3,(H,22,24,25,26,27). The fourth-order valence-electron chi connectivity index (χ4n) is 3.32. The lowest BCUT2D eigenvalue weighted by atomic mass is 10.1. The second kappa shape index (κ2) is 8.33. The van der Waals surface area contributed by atoms with Crippen molar-refractivity contribution in [2.24, 2.45) is 0 Å². The van der Waals surface area contributed by atoms with Crippen LogP contribution in [0.2, 0.25) is 0 Å². The lowest BCUT2D eigenvalue weighted by Crippen LogP contribution is -2.28. The number of aromatic nitrogens is 7.